The Morgan fingerprint density at radius 3 is 2.13 bits per heavy atom. The van der Waals surface area contributed by atoms with Crippen LogP contribution >= 0.6 is 15.9 Å². The van der Waals surface area contributed by atoms with E-state index in [4.69, 9.17) is 15.4 Å². The molecule has 0 bridgehead atoms. The predicted molar refractivity (Wildman–Crippen MR) is 61.1 cm³/mol. The standard InChI is InChI=1S/C10H14BrNO3/c1-13-8-5-7(3-4-15-12)6-9(14-2)10(8)11/h5-6H,3-4,12H2,1-2H3. The highest BCUT2D eigenvalue weighted by atomic mass is 79.9. The quantitative estimate of drug-likeness (QED) is 0.834. The maximum atomic E-state index is 5.21. The molecule has 0 aliphatic carbocycles. The second-order valence-corrected chi connectivity index (χ2v) is 3.73. The molecular formula is C10H14BrNO3. The highest BCUT2D eigenvalue weighted by Gasteiger charge is 2.09. The molecule has 0 unspecified atom stereocenters. The van der Waals surface area contributed by atoms with Gasteiger partial charge in [0.2, 0.25) is 0 Å². The van der Waals surface area contributed by atoms with E-state index in [1.54, 1.807) is 14.2 Å². The molecule has 5 heteroatoms. The molecule has 15 heavy (non-hydrogen) atoms. The minimum Gasteiger partial charge on any atom is -0.495 e. The van der Waals surface area contributed by atoms with E-state index in [2.05, 4.69) is 20.8 Å². The van der Waals surface area contributed by atoms with Crippen LogP contribution in [0.4, 0.5) is 0 Å². The van der Waals surface area contributed by atoms with Crippen molar-refractivity contribution in [2.24, 2.45) is 5.90 Å². The van der Waals surface area contributed by atoms with Gasteiger partial charge in [-0.1, -0.05) is 0 Å². The third kappa shape index (κ3) is 3.09. The van der Waals surface area contributed by atoms with Gasteiger partial charge in [-0.3, -0.25) is 0 Å². The highest BCUT2D eigenvalue weighted by Crippen LogP contribution is 2.35. The summed E-state index contributed by atoms with van der Waals surface area (Å²) in [6.07, 6.45) is 0.719. The predicted octanol–water partition coefficient (Wildman–Crippen LogP) is 1.90. The first-order valence-electron chi connectivity index (χ1n) is 4.45. The summed E-state index contributed by atoms with van der Waals surface area (Å²) in [5, 5.41) is 0. The second-order valence-electron chi connectivity index (χ2n) is 2.94. The molecule has 1 aromatic rings. The minimum atomic E-state index is 0.466. The van der Waals surface area contributed by atoms with Crippen molar-refractivity contribution in [2.45, 2.75) is 6.42 Å². The molecule has 0 saturated carbocycles. The molecule has 0 radical (unpaired) electrons. The number of hydrogen-bond donors (Lipinski definition) is 1. The monoisotopic (exact) mass is 275 g/mol. The van der Waals surface area contributed by atoms with Crippen LogP contribution in [0.3, 0.4) is 0 Å². The van der Waals surface area contributed by atoms with Crippen molar-refractivity contribution in [2.75, 3.05) is 20.8 Å². The lowest BCUT2D eigenvalue weighted by atomic mass is 10.1. The van der Waals surface area contributed by atoms with E-state index in [1.807, 2.05) is 12.1 Å². The van der Waals surface area contributed by atoms with Crippen LogP contribution in [0.25, 0.3) is 0 Å². The van der Waals surface area contributed by atoms with Crippen LogP contribution in [0.1, 0.15) is 5.56 Å². The third-order valence-electron chi connectivity index (χ3n) is 2.01. The van der Waals surface area contributed by atoms with E-state index in [1.165, 1.54) is 0 Å². The summed E-state index contributed by atoms with van der Waals surface area (Å²) in [4.78, 5) is 4.53. The fourth-order valence-electron chi connectivity index (χ4n) is 1.24. The summed E-state index contributed by atoms with van der Waals surface area (Å²) in [6, 6.07) is 3.84. The first-order valence-corrected chi connectivity index (χ1v) is 5.24. The molecule has 0 aromatic heterocycles. The van der Waals surface area contributed by atoms with Gasteiger partial charge in [0, 0.05) is 0 Å². The fourth-order valence-corrected chi connectivity index (χ4v) is 1.80. The molecule has 0 heterocycles. The summed E-state index contributed by atoms with van der Waals surface area (Å²) >= 11 is 3.40. The largest absolute Gasteiger partial charge is 0.495 e. The van der Waals surface area contributed by atoms with Crippen LogP contribution in [-0.4, -0.2) is 20.8 Å². The van der Waals surface area contributed by atoms with E-state index in [0.29, 0.717) is 6.61 Å². The average molecular weight is 276 g/mol. The molecule has 0 atom stereocenters. The minimum absolute atomic E-state index is 0.466. The molecule has 0 amide bonds. The summed E-state index contributed by atoms with van der Waals surface area (Å²) in [7, 11) is 3.23. The lowest BCUT2D eigenvalue weighted by molar-refractivity contribution is 0.141. The zero-order valence-corrected chi connectivity index (χ0v) is 10.3. The average Bonchev–Trinajstić information content (AvgIpc) is 2.27. The third-order valence-corrected chi connectivity index (χ3v) is 2.80. The van der Waals surface area contributed by atoms with Gasteiger partial charge < -0.3 is 14.3 Å². The molecule has 1 aromatic carbocycles. The van der Waals surface area contributed by atoms with E-state index >= 15 is 0 Å². The van der Waals surface area contributed by atoms with Crippen LogP contribution in [-0.2, 0) is 11.3 Å². The number of benzene rings is 1. The maximum Gasteiger partial charge on any atom is 0.137 e. The van der Waals surface area contributed by atoms with Crippen molar-refractivity contribution in [3.63, 3.8) is 0 Å². The molecule has 1 rings (SSSR count). The number of nitrogens with two attached hydrogens (primary N) is 1. The Morgan fingerprint density at radius 1 is 1.20 bits per heavy atom. The first-order chi connectivity index (χ1) is 7.22. The second kappa shape index (κ2) is 5.95. The Kier molecular flexibility index (Phi) is 4.87. The van der Waals surface area contributed by atoms with Gasteiger partial charge in [0.15, 0.2) is 0 Å². The summed E-state index contributed by atoms with van der Waals surface area (Å²) < 4.78 is 11.2. The van der Waals surface area contributed by atoms with Crippen LogP contribution < -0.4 is 15.4 Å². The van der Waals surface area contributed by atoms with Crippen molar-refractivity contribution in [3.05, 3.63) is 22.2 Å². The summed E-state index contributed by atoms with van der Waals surface area (Å²) in [5.41, 5.74) is 1.05. The molecule has 84 valence electrons. The van der Waals surface area contributed by atoms with Crippen molar-refractivity contribution in [3.8, 4) is 11.5 Å². The van der Waals surface area contributed by atoms with Gasteiger partial charge in [0.25, 0.3) is 0 Å². The van der Waals surface area contributed by atoms with Gasteiger partial charge >= 0.3 is 0 Å². The maximum absolute atomic E-state index is 5.21. The lowest BCUT2D eigenvalue weighted by Gasteiger charge is -2.11. The number of ether oxygens (including phenoxy) is 2. The Hall–Kier alpha value is -0.780. The summed E-state index contributed by atoms with van der Waals surface area (Å²) in [5.74, 6) is 6.45. The SMILES string of the molecule is COc1cc(CCON)cc(OC)c1Br. The topological polar surface area (TPSA) is 53.7 Å². The van der Waals surface area contributed by atoms with Crippen molar-refractivity contribution < 1.29 is 14.3 Å². The molecule has 0 fully saturated rings. The Morgan fingerprint density at radius 2 is 1.73 bits per heavy atom. The van der Waals surface area contributed by atoms with Gasteiger partial charge in [-0.2, -0.15) is 0 Å². The smallest absolute Gasteiger partial charge is 0.137 e. The van der Waals surface area contributed by atoms with Crippen molar-refractivity contribution in [1.29, 1.82) is 0 Å². The van der Waals surface area contributed by atoms with E-state index in [9.17, 15) is 0 Å². The van der Waals surface area contributed by atoms with E-state index in [0.717, 1.165) is 28.0 Å². The molecule has 2 N–H and O–H groups in total. The molecule has 0 aliphatic heterocycles. The van der Waals surface area contributed by atoms with Crippen molar-refractivity contribution >= 4 is 15.9 Å². The van der Waals surface area contributed by atoms with Crippen LogP contribution in [0.5, 0.6) is 11.5 Å². The number of halogens is 1. The first kappa shape index (κ1) is 12.3. The zero-order valence-electron chi connectivity index (χ0n) is 8.75. The lowest BCUT2D eigenvalue weighted by Crippen LogP contribution is -2.04. The fraction of sp³-hybridized carbons (Fsp3) is 0.400. The Bertz CT molecular complexity index is 305. The van der Waals surface area contributed by atoms with Crippen LogP contribution in [0.15, 0.2) is 16.6 Å². The number of hydrogen-bond acceptors (Lipinski definition) is 4. The Labute approximate surface area is 97.4 Å². The molecule has 0 saturated heterocycles. The number of rotatable bonds is 5. The highest BCUT2D eigenvalue weighted by molar-refractivity contribution is 9.10. The molecular weight excluding hydrogens is 262 g/mol. The van der Waals surface area contributed by atoms with Gasteiger partial charge in [-0.05, 0) is 40.0 Å². The summed E-state index contributed by atoms with van der Waals surface area (Å²) in [6.45, 7) is 0.466. The van der Waals surface area contributed by atoms with Crippen LogP contribution in [0.2, 0.25) is 0 Å². The van der Waals surface area contributed by atoms with Gasteiger partial charge in [-0.15, -0.1) is 0 Å². The molecule has 4 nitrogen and oxygen atoms in total. The van der Waals surface area contributed by atoms with Gasteiger partial charge in [0.1, 0.15) is 16.0 Å². The van der Waals surface area contributed by atoms with Gasteiger partial charge in [-0.25, -0.2) is 5.90 Å². The molecule has 0 spiro atoms. The Balaban J connectivity index is 2.98. The van der Waals surface area contributed by atoms with Gasteiger partial charge in [0.05, 0.1) is 20.8 Å². The zero-order chi connectivity index (χ0) is 11.3. The molecule has 0 aliphatic rings. The van der Waals surface area contributed by atoms with Crippen molar-refractivity contribution in [1.82, 2.24) is 0 Å². The normalized spacial score (nSPS) is 10.1. The van der Waals surface area contributed by atoms with Crippen LogP contribution in [0, 0.1) is 0 Å². The number of methoxy groups -OCH3 is 2. The van der Waals surface area contributed by atoms with E-state index < -0.39 is 0 Å². The van der Waals surface area contributed by atoms with E-state index in [-0.39, 0.29) is 0 Å².